The molecule has 0 amide bonds. The maximum Gasteiger partial charge on any atom is 0.136 e. The largest absolute Gasteiger partial charge is 0.308 e. The van der Waals surface area contributed by atoms with Crippen molar-refractivity contribution in [3.63, 3.8) is 0 Å². The van der Waals surface area contributed by atoms with Crippen LogP contribution in [0.25, 0.3) is 0 Å². The van der Waals surface area contributed by atoms with E-state index in [1.54, 1.807) is 0 Å². The third kappa shape index (κ3) is 4.50. The van der Waals surface area contributed by atoms with Crippen LogP contribution in [0.3, 0.4) is 0 Å². The fraction of sp³-hybridized carbons (Fsp3) is 0.875. The fourth-order valence-electron chi connectivity index (χ4n) is 0.753. The molecule has 0 rings (SSSR count). The molecule has 2 heteroatoms. The number of hydrogen-bond donors (Lipinski definition) is 1. The number of aldehydes is 1. The molecule has 1 unspecified atom stereocenters. The minimum absolute atomic E-state index is 0.0755. The SMILES string of the molecule is CCCCNC(C=O)CC. The van der Waals surface area contributed by atoms with E-state index >= 15 is 0 Å². The molecular formula is C8H17NO. The lowest BCUT2D eigenvalue weighted by atomic mass is 10.2. The lowest BCUT2D eigenvalue weighted by Gasteiger charge is -2.08. The Kier molecular flexibility index (Phi) is 6.50. The average molecular weight is 143 g/mol. The van der Waals surface area contributed by atoms with E-state index < -0.39 is 0 Å². The molecule has 0 aromatic rings. The van der Waals surface area contributed by atoms with Gasteiger partial charge in [-0.05, 0) is 19.4 Å². The number of nitrogens with one attached hydrogen (secondary N) is 1. The molecule has 0 saturated heterocycles. The van der Waals surface area contributed by atoms with E-state index in [9.17, 15) is 4.79 Å². The lowest BCUT2D eigenvalue weighted by Crippen LogP contribution is -2.30. The van der Waals surface area contributed by atoms with Gasteiger partial charge in [-0.3, -0.25) is 0 Å². The van der Waals surface area contributed by atoms with Gasteiger partial charge in [0.1, 0.15) is 6.29 Å². The van der Waals surface area contributed by atoms with Crippen LogP contribution in [0.5, 0.6) is 0 Å². The first kappa shape index (κ1) is 9.63. The van der Waals surface area contributed by atoms with Crippen molar-refractivity contribution >= 4 is 6.29 Å². The summed E-state index contributed by atoms with van der Waals surface area (Å²) >= 11 is 0. The summed E-state index contributed by atoms with van der Waals surface area (Å²) < 4.78 is 0. The first-order valence-electron chi connectivity index (χ1n) is 4.03. The van der Waals surface area contributed by atoms with Crippen molar-refractivity contribution in [1.82, 2.24) is 5.32 Å². The second-order valence-corrected chi connectivity index (χ2v) is 2.46. The monoisotopic (exact) mass is 143 g/mol. The van der Waals surface area contributed by atoms with Gasteiger partial charge in [0.15, 0.2) is 0 Å². The number of carbonyl (C=O) groups is 1. The molecule has 0 saturated carbocycles. The van der Waals surface area contributed by atoms with Crippen molar-refractivity contribution in [2.45, 2.75) is 39.2 Å². The Labute approximate surface area is 63.0 Å². The van der Waals surface area contributed by atoms with Crippen molar-refractivity contribution in [2.24, 2.45) is 0 Å². The van der Waals surface area contributed by atoms with E-state index in [0.717, 1.165) is 25.7 Å². The Hall–Kier alpha value is -0.370. The average Bonchev–Trinajstić information content (AvgIpc) is 1.99. The van der Waals surface area contributed by atoms with Crippen LogP contribution in [-0.4, -0.2) is 18.9 Å². The van der Waals surface area contributed by atoms with Gasteiger partial charge in [-0.25, -0.2) is 0 Å². The summed E-state index contributed by atoms with van der Waals surface area (Å²) in [4.78, 5) is 10.3. The molecule has 0 aliphatic carbocycles. The highest BCUT2D eigenvalue weighted by Gasteiger charge is 1.99. The Bertz CT molecular complexity index is 83.3. The van der Waals surface area contributed by atoms with Crippen LogP contribution in [0.1, 0.15) is 33.1 Å². The van der Waals surface area contributed by atoms with Gasteiger partial charge < -0.3 is 10.1 Å². The third-order valence-electron chi connectivity index (χ3n) is 1.54. The lowest BCUT2D eigenvalue weighted by molar-refractivity contribution is -0.109. The predicted octanol–water partition coefficient (Wildman–Crippen LogP) is 1.35. The number of rotatable bonds is 6. The number of unbranched alkanes of at least 4 members (excludes halogenated alkanes) is 1. The van der Waals surface area contributed by atoms with Gasteiger partial charge in [0, 0.05) is 0 Å². The summed E-state index contributed by atoms with van der Waals surface area (Å²) in [6.07, 6.45) is 4.22. The van der Waals surface area contributed by atoms with E-state index in [1.165, 1.54) is 6.42 Å². The van der Waals surface area contributed by atoms with Gasteiger partial charge in [0.25, 0.3) is 0 Å². The molecule has 0 fully saturated rings. The highest BCUT2D eigenvalue weighted by Crippen LogP contribution is 1.88. The summed E-state index contributed by atoms with van der Waals surface area (Å²) in [6.45, 7) is 5.12. The van der Waals surface area contributed by atoms with E-state index in [2.05, 4.69) is 12.2 Å². The van der Waals surface area contributed by atoms with E-state index in [0.29, 0.717) is 0 Å². The van der Waals surface area contributed by atoms with Crippen molar-refractivity contribution in [3.05, 3.63) is 0 Å². The Morgan fingerprint density at radius 2 is 2.20 bits per heavy atom. The third-order valence-corrected chi connectivity index (χ3v) is 1.54. The van der Waals surface area contributed by atoms with Crippen molar-refractivity contribution in [2.75, 3.05) is 6.54 Å². The summed E-state index contributed by atoms with van der Waals surface area (Å²) in [6, 6.07) is 0.0755. The first-order chi connectivity index (χ1) is 4.85. The summed E-state index contributed by atoms with van der Waals surface area (Å²) in [7, 11) is 0. The summed E-state index contributed by atoms with van der Waals surface area (Å²) in [5.74, 6) is 0. The van der Waals surface area contributed by atoms with Gasteiger partial charge in [-0.1, -0.05) is 20.3 Å². The molecule has 1 N–H and O–H groups in total. The van der Waals surface area contributed by atoms with Crippen LogP contribution in [0.4, 0.5) is 0 Å². The van der Waals surface area contributed by atoms with Crippen molar-refractivity contribution in [1.29, 1.82) is 0 Å². The predicted molar refractivity (Wildman–Crippen MR) is 43.1 cm³/mol. The maximum atomic E-state index is 10.3. The fourth-order valence-corrected chi connectivity index (χ4v) is 0.753. The van der Waals surface area contributed by atoms with Gasteiger partial charge in [0.05, 0.1) is 6.04 Å². The molecule has 0 aliphatic heterocycles. The standard InChI is InChI=1S/C8H17NO/c1-3-5-6-9-8(4-2)7-10/h7-9H,3-6H2,1-2H3. The molecule has 0 radical (unpaired) electrons. The maximum absolute atomic E-state index is 10.3. The number of carbonyl (C=O) groups excluding carboxylic acids is 1. The Morgan fingerprint density at radius 3 is 2.60 bits per heavy atom. The molecule has 0 spiro atoms. The van der Waals surface area contributed by atoms with Crippen LogP contribution in [0.15, 0.2) is 0 Å². The van der Waals surface area contributed by atoms with Gasteiger partial charge in [-0.2, -0.15) is 0 Å². The molecule has 2 nitrogen and oxygen atoms in total. The molecular weight excluding hydrogens is 126 g/mol. The van der Waals surface area contributed by atoms with E-state index in [1.807, 2.05) is 6.92 Å². The zero-order chi connectivity index (χ0) is 7.82. The smallest absolute Gasteiger partial charge is 0.136 e. The minimum atomic E-state index is 0.0755. The molecule has 0 heterocycles. The van der Waals surface area contributed by atoms with Gasteiger partial charge in [0.2, 0.25) is 0 Å². The highest BCUT2D eigenvalue weighted by atomic mass is 16.1. The summed E-state index contributed by atoms with van der Waals surface area (Å²) in [5.41, 5.74) is 0. The second-order valence-electron chi connectivity index (χ2n) is 2.46. The molecule has 10 heavy (non-hydrogen) atoms. The van der Waals surface area contributed by atoms with Crippen LogP contribution >= 0.6 is 0 Å². The van der Waals surface area contributed by atoms with Crippen molar-refractivity contribution < 1.29 is 4.79 Å². The molecule has 0 aromatic carbocycles. The quantitative estimate of drug-likeness (QED) is 0.449. The van der Waals surface area contributed by atoms with Crippen molar-refractivity contribution in [3.8, 4) is 0 Å². The van der Waals surface area contributed by atoms with Gasteiger partial charge in [-0.15, -0.1) is 0 Å². The Balaban J connectivity index is 3.17. The van der Waals surface area contributed by atoms with Crippen LogP contribution in [-0.2, 0) is 4.79 Å². The normalized spacial score (nSPS) is 13.0. The highest BCUT2D eigenvalue weighted by molar-refractivity contribution is 5.57. The Morgan fingerprint density at radius 1 is 1.50 bits per heavy atom. The zero-order valence-corrected chi connectivity index (χ0v) is 6.89. The molecule has 1 atom stereocenters. The van der Waals surface area contributed by atoms with E-state index in [-0.39, 0.29) is 6.04 Å². The van der Waals surface area contributed by atoms with E-state index in [4.69, 9.17) is 0 Å². The van der Waals surface area contributed by atoms with Crippen LogP contribution in [0, 0.1) is 0 Å². The summed E-state index contributed by atoms with van der Waals surface area (Å²) in [5, 5.41) is 3.15. The minimum Gasteiger partial charge on any atom is -0.308 e. The van der Waals surface area contributed by atoms with Gasteiger partial charge >= 0.3 is 0 Å². The molecule has 0 aromatic heterocycles. The zero-order valence-electron chi connectivity index (χ0n) is 6.89. The molecule has 60 valence electrons. The topological polar surface area (TPSA) is 29.1 Å². The first-order valence-corrected chi connectivity index (χ1v) is 4.03. The number of hydrogen-bond acceptors (Lipinski definition) is 2. The van der Waals surface area contributed by atoms with Crippen LogP contribution < -0.4 is 5.32 Å². The second kappa shape index (κ2) is 6.75. The van der Waals surface area contributed by atoms with Crippen LogP contribution in [0.2, 0.25) is 0 Å². The molecule has 0 aliphatic rings. The molecule has 0 bridgehead atoms.